The molecule has 2 aromatic carbocycles. The summed E-state index contributed by atoms with van der Waals surface area (Å²) < 4.78 is 10.4. The van der Waals surface area contributed by atoms with Crippen molar-refractivity contribution in [3.8, 4) is 5.75 Å². The highest BCUT2D eigenvalue weighted by Crippen LogP contribution is 2.23. The first kappa shape index (κ1) is 15.6. The maximum atomic E-state index is 12.2. The van der Waals surface area contributed by atoms with Gasteiger partial charge in [0.25, 0.3) is 0 Å². The van der Waals surface area contributed by atoms with Gasteiger partial charge in [-0.3, -0.25) is 0 Å². The van der Waals surface area contributed by atoms with E-state index in [1.807, 2.05) is 0 Å². The SMILES string of the molecule is COc1cccc([C@@H](C)OC(=O)c2ccccc2C(=O)[O-])c1. The quantitative estimate of drug-likeness (QED) is 0.789. The average molecular weight is 299 g/mol. The minimum atomic E-state index is -1.42. The zero-order chi connectivity index (χ0) is 16.1. The third kappa shape index (κ3) is 3.44. The maximum Gasteiger partial charge on any atom is 0.339 e. The van der Waals surface area contributed by atoms with Crippen LogP contribution in [-0.2, 0) is 4.74 Å². The molecule has 114 valence electrons. The number of aromatic carboxylic acids is 1. The Morgan fingerprint density at radius 3 is 2.36 bits per heavy atom. The molecule has 0 amide bonds. The van der Waals surface area contributed by atoms with E-state index in [0.717, 1.165) is 5.56 Å². The molecular weight excluding hydrogens is 284 g/mol. The number of carbonyl (C=O) groups is 2. The van der Waals surface area contributed by atoms with E-state index in [0.29, 0.717) is 5.75 Å². The zero-order valence-electron chi connectivity index (χ0n) is 12.2. The number of carboxylic acid groups (broad SMARTS) is 1. The van der Waals surface area contributed by atoms with E-state index in [2.05, 4.69) is 0 Å². The third-order valence-electron chi connectivity index (χ3n) is 3.21. The third-order valence-corrected chi connectivity index (χ3v) is 3.21. The molecule has 0 aromatic heterocycles. The van der Waals surface area contributed by atoms with Gasteiger partial charge in [-0.15, -0.1) is 0 Å². The molecule has 2 aromatic rings. The van der Waals surface area contributed by atoms with E-state index < -0.39 is 18.0 Å². The number of rotatable bonds is 5. The van der Waals surface area contributed by atoms with Crippen LogP contribution in [0.1, 0.15) is 39.3 Å². The number of esters is 1. The van der Waals surface area contributed by atoms with Crippen molar-refractivity contribution in [3.63, 3.8) is 0 Å². The average Bonchev–Trinajstić information content (AvgIpc) is 2.54. The molecule has 0 N–H and O–H groups in total. The molecule has 0 aliphatic heterocycles. The van der Waals surface area contributed by atoms with Gasteiger partial charge < -0.3 is 19.4 Å². The minimum Gasteiger partial charge on any atom is -0.545 e. The molecule has 0 bridgehead atoms. The van der Waals surface area contributed by atoms with Crippen LogP contribution >= 0.6 is 0 Å². The standard InChI is InChI=1S/C17H16O5/c1-11(12-6-5-7-13(10-12)21-2)22-17(20)15-9-4-3-8-14(15)16(18)19/h3-11H,1-2H3,(H,18,19)/p-1/t11-/m1/s1. The van der Waals surface area contributed by atoms with Gasteiger partial charge in [0, 0.05) is 5.56 Å². The summed E-state index contributed by atoms with van der Waals surface area (Å²) in [7, 11) is 1.55. The molecule has 1 atom stereocenters. The molecule has 0 heterocycles. The van der Waals surface area contributed by atoms with E-state index in [4.69, 9.17) is 9.47 Å². The van der Waals surface area contributed by atoms with Crippen molar-refractivity contribution in [3.05, 3.63) is 65.2 Å². The molecule has 5 nitrogen and oxygen atoms in total. The molecule has 0 radical (unpaired) electrons. The fourth-order valence-corrected chi connectivity index (χ4v) is 2.03. The summed E-state index contributed by atoms with van der Waals surface area (Å²) in [5, 5.41) is 11.0. The lowest BCUT2D eigenvalue weighted by Crippen LogP contribution is -2.25. The second kappa shape index (κ2) is 6.76. The van der Waals surface area contributed by atoms with Crippen LogP contribution in [0.15, 0.2) is 48.5 Å². The first-order valence-electron chi connectivity index (χ1n) is 6.68. The first-order valence-corrected chi connectivity index (χ1v) is 6.68. The second-order valence-corrected chi connectivity index (χ2v) is 4.66. The van der Waals surface area contributed by atoms with Crippen LogP contribution in [0.2, 0.25) is 0 Å². The smallest absolute Gasteiger partial charge is 0.339 e. The summed E-state index contributed by atoms with van der Waals surface area (Å²) >= 11 is 0. The second-order valence-electron chi connectivity index (χ2n) is 4.66. The van der Waals surface area contributed by atoms with Crippen molar-refractivity contribution in [2.75, 3.05) is 7.11 Å². The van der Waals surface area contributed by atoms with Crippen molar-refractivity contribution in [1.82, 2.24) is 0 Å². The number of ether oxygens (including phenoxy) is 2. The summed E-state index contributed by atoms with van der Waals surface area (Å²) in [6.45, 7) is 1.70. The van der Waals surface area contributed by atoms with Gasteiger partial charge in [-0.1, -0.05) is 30.3 Å². The fraction of sp³-hybridized carbons (Fsp3) is 0.176. The Morgan fingerprint density at radius 1 is 1.05 bits per heavy atom. The summed E-state index contributed by atoms with van der Waals surface area (Å²) in [6, 6.07) is 12.9. The van der Waals surface area contributed by atoms with Crippen molar-refractivity contribution in [2.24, 2.45) is 0 Å². The predicted molar refractivity (Wildman–Crippen MR) is 77.6 cm³/mol. The van der Waals surface area contributed by atoms with Crippen LogP contribution in [0, 0.1) is 0 Å². The normalized spacial score (nSPS) is 11.5. The Balaban J connectivity index is 2.19. The molecule has 2 rings (SSSR count). The van der Waals surface area contributed by atoms with E-state index >= 15 is 0 Å². The highest BCUT2D eigenvalue weighted by atomic mass is 16.5. The van der Waals surface area contributed by atoms with Gasteiger partial charge in [-0.05, 0) is 30.7 Å². The van der Waals surface area contributed by atoms with Gasteiger partial charge in [-0.25, -0.2) is 4.79 Å². The van der Waals surface area contributed by atoms with Crippen molar-refractivity contribution in [1.29, 1.82) is 0 Å². The Kier molecular flexibility index (Phi) is 4.78. The lowest BCUT2D eigenvalue weighted by atomic mass is 10.1. The molecule has 0 aliphatic rings. The first-order chi connectivity index (χ1) is 10.5. The van der Waals surface area contributed by atoms with E-state index in [1.54, 1.807) is 44.4 Å². The molecule has 0 unspecified atom stereocenters. The van der Waals surface area contributed by atoms with Crippen molar-refractivity contribution < 1.29 is 24.2 Å². The number of carbonyl (C=O) groups excluding carboxylic acids is 2. The molecule has 0 saturated carbocycles. The monoisotopic (exact) mass is 299 g/mol. The molecule has 0 saturated heterocycles. The number of methoxy groups -OCH3 is 1. The van der Waals surface area contributed by atoms with Crippen LogP contribution in [0.25, 0.3) is 0 Å². The topological polar surface area (TPSA) is 75.7 Å². The Morgan fingerprint density at radius 2 is 1.73 bits per heavy atom. The number of benzene rings is 2. The lowest BCUT2D eigenvalue weighted by Gasteiger charge is -2.16. The predicted octanol–water partition coefficient (Wildman–Crippen LogP) is 1.98. The summed E-state index contributed by atoms with van der Waals surface area (Å²) in [6.07, 6.45) is -0.544. The van der Waals surface area contributed by atoms with E-state index in [-0.39, 0.29) is 11.1 Å². The van der Waals surface area contributed by atoms with Crippen LogP contribution in [0.4, 0.5) is 0 Å². The summed E-state index contributed by atoms with van der Waals surface area (Å²) in [4.78, 5) is 23.2. The molecular formula is C17H15O5-. The Bertz CT molecular complexity index is 693. The highest BCUT2D eigenvalue weighted by Gasteiger charge is 2.17. The van der Waals surface area contributed by atoms with Gasteiger partial charge in [0.1, 0.15) is 11.9 Å². The van der Waals surface area contributed by atoms with Gasteiger partial charge in [-0.2, -0.15) is 0 Å². The molecule has 0 spiro atoms. The van der Waals surface area contributed by atoms with Crippen molar-refractivity contribution in [2.45, 2.75) is 13.0 Å². The molecule has 5 heteroatoms. The fourth-order valence-electron chi connectivity index (χ4n) is 2.03. The largest absolute Gasteiger partial charge is 0.545 e. The number of carboxylic acids is 1. The van der Waals surface area contributed by atoms with Crippen molar-refractivity contribution >= 4 is 11.9 Å². The molecule has 0 aliphatic carbocycles. The van der Waals surface area contributed by atoms with E-state index in [1.165, 1.54) is 18.2 Å². The van der Waals surface area contributed by atoms with Crippen LogP contribution in [0.5, 0.6) is 5.75 Å². The van der Waals surface area contributed by atoms with Gasteiger partial charge in [0.15, 0.2) is 0 Å². The van der Waals surface area contributed by atoms with Crippen LogP contribution in [0.3, 0.4) is 0 Å². The lowest BCUT2D eigenvalue weighted by molar-refractivity contribution is -0.255. The summed E-state index contributed by atoms with van der Waals surface area (Å²) in [5.74, 6) is -1.48. The zero-order valence-corrected chi connectivity index (χ0v) is 12.2. The number of hydrogen-bond acceptors (Lipinski definition) is 5. The van der Waals surface area contributed by atoms with Crippen LogP contribution in [-0.4, -0.2) is 19.0 Å². The van der Waals surface area contributed by atoms with Crippen LogP contribution < -0.4 is 9.84 Å². The Labute approximate surface area is 128 Å². The van der Waals surface area contributed by atoms with Gasteiger partial charge >= 0.3 is 5.97 Å². The molecule has 0 fully saturated rings. The van der Waals surface area contributed by atoms with E-state index in [9.17, 15) is 14.7 Å². The maximum absolute atomic E-state index is 12.2. The Hall–Kier alpha value is -2.82. The number of hydrogen-bond donors (Lipinski definition) is 0. The minimum absolute atomic E-state index is 0.0303. The van der Waals surface area contributed by atoms with Gasteiger partial charge in [0.05, 0.1) is 18.6 Å². The molecule has 22 heavy (non-hydrogen) atoms. The van der Waals surface area contributed by atoms with Gasteiger partial charge in [0.2, 0.25) is 0 Å². The summed E-state index contributed by atoms with van der Waals surface area (Å²) in [5.41, 5.74) is 0.529. The highest BCUT2D eigenvalue weighted by molar-refractivity contribution is 6.01.